The van der Waals surface area contributed by atoms with E-state index in [0.29, 0.717) is 6.42 Å². The molecule has 0 N–H and O–H groups in total. The molecule has 0 unspecified atom stereocenters. The highest BCUT2D eigenvalue weighted by atomic mass is 16.7. The summed E-state index contributed by atoms with van der Waals surface area (Å²) in [4.78, 5) is 107. The minimum Gasteiger partial charge on any atom is -0.465 e. The summed E-state index contributed by atoms with van der Waals surface area (Å²) in [6.07, 6.45) is 0.769. The predicted octanol–water partition coefficient (Wildman–Crippen LogP) is 6.57. The molecule has 0 atom stereocenters. The fraction of sp³-hybridized carbons (Fsp3) is 0.800. The minimum atomic E-state index is -1.63. The molecule has 0 saturated heterocycles. The first-order valence-corrected chi connectivity index (χ1v) is 21.0. The molecule has 0 fully saturated rings. The van der Waals surface area contributed by atoms with Crippen molar-refractivity contribution in [2.75, 3.05) is 53.0 Å². The quantitative estimate of drug-likeness (QED) is 0.0347. The Hall–Kier alpha value is -4.41. The summed E-state index contributed by atoms with van der Waals surface area (Å²) in [5.74, 6) is -4.62. The van der Waals surface area contributed by atoms with E-state index < -0.39 is 63.4 Å². The fourth-order valence-corrected chi connectivity index (χ4v) is 5.97. The summed E-state index contributed by atoms with van der Waals surface area (Å²) < 4.78 is 40.2. The van der Waals surface area contributed by atoms with Crippen LogP contribution in [0, 0.1) is 38.9 Å². The second-order valence-electron chi connectivity index (χ2n) is 17.9. The highest BCUT2D eigenvalue weighted by Crippen LogP contribution is 2.37. The second kappa shape index (κ2) is 29.0. The summed E-state index contributed by atoms with van der Waals surface area (Å²) in [5, 5.41) is 0. The average Bonchev–Trinajstić information content (AvgIpc) is 3.12. The topological polar surface area (TPSA) is 227 Å². The van der Waals surface area contributed by atoms with Gasteiger partial charge in [-0.1, -0.05) is 48.5 Å². The van der Waals surface area contributed by atoms with E-state index in [-0.39, 0.29) is 94.7 Å². The number of hydrogen-bond acceptors (Lipinski definition) is 17. The molecule has 0 saturated carbocycles. The molecule has 0 aliphatic rings. The van der Waals surface area contributed by atoms with Crippen molar-refractivity contribution in [1.29, 1.82) is 0 Å². The number of Topliss-reactive ketones (excluding diaryl/α,β-unsaturated/α-hetero) is 2. The number of ether oxygens (including phenoxy) is 8. The van der Waals surface area contributed by atoms with E-state index in [2.05, 4.69) is 4.74 Å². The maximum absolute atomic E-state index is 12.5. The summed E-state index contributed by atoms with van der Waals surface area (Å²) in [6.45, 7) is 29.7. The van der Waals surface area contributed by atoms with Crippen LogP contribution in [-0.4, -0.2) is 106 Å². The summed E-state index contributed by atoms with van der Waals surface area (Å²) in [7, 11) is 0. The van der Waals surface area contributed by atoms with Crippen LogP contribution in [0.1, 0.15) is 144 Å². The Morgan fingerprint density at radius 2 is 0.758 bits per heavy atom. The molecule has 17 nitrogen and oxygen atoms in total. The fourth-order valence-electron chi connectivity index (χ4n) is 5.97. The van der Waals surface area contributed by atoms with Crippen molar-refractivity contribution in [3.05, 3.63) is 0 Å². The molecular weight excluding hydrogens is 812 g/mol. The summed E-state index contributed by atoms with van der Waals surface area (Å²) >= 11 is 0. The molecule has 0 aromatic rings. The highest BCUT2D eigenvalue weighted by molar-refractivity contribution is 6.05. The molecule has 0 rings (SSSR count). The molecule has 360 valence electrons. The molecular formula is C45H78O17. The van der Waals surface area contributed by atoms with Gasteiger partial charge in [0.25, 0.3) is 0 Å². The minimum absolute atomic E-state index is 0.0113. The molecule has 0 heterocycles. The second-order valence-corrected chi connectivity index (χ2v) is 17.9. The zero-order valence-electron chi connectivity index (χ0n) is 40.9. The van der Waals surface area contributed by atoms with Crippen LogP contribution in [-0.2, 0) is 81.0 Å². The first kappa shape index (κ1) is 61.9. The van der Waals surface area contributed by atoms with Crippen LogP contribution < -0.4 is 0 Å². The van der Waals surface area contributed by atoms with Crippen molar-refractivity contribution < 1.29 is 81.0 Å². The lowest BCUT2D eigenvalue weighted by atomic mass is 9.74. The van der Waals surface area contributed by atoms with Crippen LogP contribution in [0.5, 0.6) is 0 Å². The molecule has 0 spiro atoms. The van der Waals surface area contributed by atoms with Gasteiger partial charge in [-0.3, -0.25) is 43.2 Å². The predicted molar refractivity (Wildman–Crippen MR) is 228 cm³/mol. The summed E-state index contributed by atoms with van der Waals surface area (Å²) in [5.41, 5.74) is -5.47. The normalized spacial score (nSPS) is 11.7. The molecule has 0 bridgehead atoms. The third-order valence-electron chi connectivity index (χ3n) is 8.64. The maximum Gasteiger partial charge on any atom is 0.327 e. The van der Waals surface area contributed by atoms with Crippen molar-refractivity contribution in [3.8, 4) is 0 Å². The van der Waals surface area contributed by atoms with E-state index >= 15 is 0 Å². The standard InChI is InChI=1S/C17H30O6.C15H26O6.C13H22O5/c1-8-21-14(19)17(10-12(3)4,15(20)22-9-2)11-23-13(18)16(5,6)7;1-7-19-12(17)15(9-14(4,5)6,10-21-11(3)16)13(18)20-8-2;1-9(2)6-13(10(3)14,11(4)15)7-17-8-18-12(5)16/h12H,8-11H2,1-7H3;7-10H2,1-6H3;9H,6-8H2,1-5H3. The van der Waals surface area contributed by atoms with Gasteiger partial charge in [0.15, 0.2) is 17.6 Å². The monoisotopic (exact) mass is 891 g/mol. The van der Waals surface area contributed by atoms with Gasteiger partial charge in [0.1, 0.15) is 30.2 Å². The molecule has 0 aromatic carbocycles. The van der Waals surface area contributed by atoms with Gasteiger partial charge in [0.2, 0.25) is 0 Å². The van der Waals surface area contributed by atoms with Gasteiger partial charge in [-0.05, 0) is 98.8 Å². The zero-order chi connectivity index (χ0) is 49.3. The number of rotatable bonds is 23. The van der Waals surface area contributed by atoms with Crippen molar-refractivity contribution in [2.45, 2.75) is 144 Å². The van der Waals surface area contributed by atoms with Crippen LogP contribution in [0.25, 0.3) is 0 Å². The number of ketones is 2. The van der Waals surface area contributed by atoms with E-state index in [1.165, 1.54) is 27.7 Å². The Morgan fingerprint density at radius 3 is 1.05 bits per heavy atom. The van der Waals surface area contributed by atoms with Crippen molar-refractivity contribution in [2.24, 2.45) is 38.9 Å². The third kappa shape index (κ3) is 22.6. The first-order chi connectivity index (χ1) is 28.3. The maximum atomic E-state index is 12.5. The lowest BCUT2D eigenvalue weighted by Gasteiger charge is -2.33. The number of hydrogen-bond donors (Lipinski definition) is 0. The molecule has 0 radical (unpaired) electrons. The highest BCUT2D eigenvalue weighted by Gasteiger charge is 2.53. The van der Waals surface area contributed by atoms with E-state index in [1.807, 2.05) is 48.5 Å². The van der Waals surface area contributed by atoms with Gasteiger partial charge in [-0.15, -0.1) is 0 Å². The van der Waals surface area contributed by atoms with Crippen LogP contribution in [0.15, 0.2) is 0 Å². The number of carbonyl (C=O) groups is 9. The van der Waals surface area contributed by atoms with E-state index in [9.17, 15) is 43.2 Å². The molecule has 0 amide bonds. The Bertz CT molecular complexity index is 1410. The van der Waals surface area contributed by atoms with Crippen LogP contribution in [0.4, 0.5) is 0 Å². The SMILES string of the molecule is CC(=O)OCOCC(CC(C)C)(C(C)=O)C(C)=O.CCOC(=O)C(COC(=O)C(C)(C)C)(CC(C)C)C(=O)OCC.CCOC(=O)C(COC(C)=O)(CC(C)(C)C)C(=O)OCC. The Kier molecular flexibility index (Phi) is 29.0. The Balaban J connectivity index is -0.000000849. The van der Waals surface area contributed by atoms with Crippen LogP contribution >= 0.6 is 0 Å². The van der Waals surface area contributed by atoms with Gasteiger partial charge < -0.3 is 37.9 Å². The first-order valence-electron chi connectivity index (χ1n) is 21.0. The van der Waals surface area contributed by atoms with Crippen molar-refractivity contribution in [3.63, 3.8) is 0 Å². The molecule has 62 heavy (non-hydrogen) atoms. The van der Waals surface area contributed by atoms with E-state index in [1.54, 1.807) is 48.5 Å². The molecule has 0 aromatic heterocycles. The third-order valence-corrected chi connectivity index (χ3v) is 8.64. The van der Waals surface area contributed by atoms with E-state index in [4.69, 9.17) is 33.2 Å². The summed E-state index contributed by atoms with van der Waals surface area (Å²) in [6, 6.07) is 0. The molecule has 0 aliphatic heterocycles. The van der Waals surface area contributed by atoms with Crippen molar-refractivity contribution >= 4 is 53.4 Å². The Labute approximate surface area is 369 Å². The largest absolute Gasteiger partial charge is 0.465 e. The van der Waals surface area contributed by atoms with Gasteiger partial charge in [0.05, 0.1) is 38.4 Å². The lowest BCUT2D eigenvalue weighted by molar-refractivity contribution is -0.183. The number of carbonyl (C=O) groups excluding carboxylic acids is 9. The average molecular weight is 891 g/mol. The lowest BCUT2D eigenvalue weighted by Crippen LogP contribution is -2.48. The van der Waals surface area contributed by atoms with Crippen LogP contribution in [0.2, 0.25) is 0 Å². The number of esters is 7. The van der Waals surface area contributed by atoms with Gasteiger partial charge in [0, 0.05) is 13.8 Å². The van der Waals surface area contributed by atoms with Crippen molar-refractivity contribution in [1.82, 2.24) is 0 Å². The van der Waals surface area contributed by atoms with Gasteiger partial charge in [-0.25, -0.2) is 0 Å². The van der Waals surface area contributed by atoms with E-state index in [0.717, 1.165) is 0 Å². The van der Waals surface area contributed by atoms with Crippen LogP contribution in [0.3, 0.4) is 0 Å². The molecule has 17 heteroatoms. The smallest absolute Gasteiger partial charge is 0.327 e. The van der Waals surface area contributed by atoms with Gasteiger partial charge in [-0.2, -0.15) is 0 Å². The Morgan fingerprint density at radius 1 is 0.419 bits per heavy atom. The van der Waals surface area contributed by atoms with Gasteiger partial charge >= 0.3 is 41.8 Å². The molecule has 0 aliphatic carbocycles. The zero-order valence-corrected chi connectivity index (χ0v) is 40.9.